The molecule has 0 radical (unpaired) electrons. The van der Waals surface area contributed by atoms with E-state index in [1.54, 1.807) is 7.11 Å². The maximum atomic E-state index is 9.38. The average Bonchev–Trinajstić information content (AvgIpc) is 2.09. The molecule has 0 bridgehead atoms. The Balaban J connectivity index is 0. The predicted octanol–water partition coefficient (Wildman–Crippen LogP) is -2.20. The molecule has 3 unspecified atom stereocenters. The molecule has 1 fully saturated rings. The van der Waals surface area contributed by atoms with E-state index in [0.717, 1.165) is 6.42 Å². The van der Waals surface area contributed by atoms with Crippen molar-refractivity contribution < 1.29 is 78.2 Å². The van der Waals surface area contributed by atoms with Crippen molar-refractivity contribution in [3.05, 3.63) is 6.42 Å². The molecule has 0 aromatic heterocycles. The largest absolute Gasteiger partial charge is 1.00 e. The minimum atomic E-state index is -0.665. The van der Waals surface area contributed by atoms with E-state index in [2.05, 4.69) is 0 Å². The van der Waals surface area contributed by atoms with Gasteiger partial charge in [0.05, 0.1) is 6.10 Å². The molecule has 0 aliphatic carbocycles. The van der Waals surface area contributed by atoms with Crippen LogP contribution in [0.3, 0.4) is 0 Å². The summed E-state index contributed by atoms with van der Waals surface area (Å²) < 4.78 is 10.6. The second kappa shape index (κ2) is 8.76. The first-order valence-corrected chi connectivity index (χ1v) is 4.40. The van der Waals surface area contributed by atoms with Crippen LogP contribution in [0.5, 0.6) is 0 Å². The summed E-state index contributed by atoms with van der Waals surface area (Å²) in [7, 11) is 1.66. The molecule has 0 aromatic carbocycles. The van der Waals surface area contributed by atoms with Gasteiger partial charge in [-0.2, -0.15) is 0 Å². The van der Waals surface area contributed by atoms with Crippen molar-refractivity contribution in [2.45, 2.75) is 38.8 Å². The Morgan fingerprint density at radius 1 is 1.50 bits per heavy atom. The molecule has 80 valence electrons. The number of aliphatic hydroxyl groups excluding tert-OH is 1. The van der Waals surface area contributed by atoms with Crippen LogP contribution in [0, 0.1) is 12.3 Å². The minimum absolute atomic E-state index is 0. The van der Waals surface area contributed by atoms with Gasteiger partial charge in [-0.15, -0.1) is 5.92 Å². The van der Waals surface area contributed by atoms with Crippen LogP contribution in [-0.4, -0.2) is 36.2 Å². The van der Waals surface area contributed by atoms with Crippen LogP contribution in [0.15, 0.2) is 0 Å². The first-order valence-electron chi connectivity index (χ1n) is 4.40. The van der Waals surface area contributed by atoms with Gasteiger partial charge in [-0.05, 0) is 12.5 Å². The molecule has 0 aromatic rings. The fraction of sp³-hybridized carbons (Fsp3) is 0.889. The van der Waals surface area contributed by atoms with E-state index in [9.17, 15) is 5.11 Å². The van der Waals surface area contributed by atoms with Gasteiger partial charge in [0, 0.05) is 7.11 Å². The first-order chi connectivity index (χ1) is 5.69. The minimum Gasteiger partial charge on any atom is -0.870 e. The van der Waals surface area contributed by atoms with Crippen molar-refractivity contribution in [2.24, 2.45) is 5.92 Å². The molecule has 0 spiro atoms. The van der Waals surface area contributed by atoms with Crippen molar-refractivity contribution >= 4 is 0 Å². The summed E-state index contributed by atoms with van der Waals surface area (Å²) in [5, 5.41) is 9.38. The molecule has 4 nitrogen and oxygen atoms in total. The maximum Gasteiger partial charge on any atom is 1.00 e. The van der Waals surface area contributed by atoms with Gasteiger partial charge in [0.2, 0.25) is 0 Å². The topological polar surface area (TPSA) is 68.7 Å². The van der Waals surface area contributed by atoms with Crippen molar-refractivity contribution in [3.63, 3.8) is 0 Å². The zero-order valence-corrected chi connectivity index (χ0v) is 14.2. The molecule has 1 aliphatic rings. The average molecular weight is 276 g/mol. The van der Waals surface area contributed by atoms with E-state index >= 15 is 0 Å². The number of methoxy groups -OCH3 is 1. The molecular formula is C9H18O4Rb-. The smallest absolute Gasteiger partial charge is 0.870 e. The van der Waals surface area contributed by atoms with Crippen LogP contribution in [-0.2, 0) is 9.47 Å². The van der Waals surface area contributed by atoms with Crippen molar-refractivity contribution in [1.82, 2.24) is 0 Å². The van der Waals surface area contributed by atoms with Gasteiger partial charge >= 0.3 is 58.2 Å². The van der Waals surface area contributed by atoms with Crippen molar-refractivity contribution in [1.29, 1.82) is 0 Å². The van der Waals surface area contributed by atoms with E-state index in [1.165, 1.54) is 0 Å². The molecule has 1 rings (SSSR count). The van der Waals surface area contributed by atoms with Crippen LogP contribution in [0.1, 0.15) is 20.3 Å². The standard InChI is InChI=1S/C9H17O3.H2O.Rb/c1-4-7-8(11-3)5-6(2)9(10)12-7;;/h5-10H,4H2,1-3H3;1H2;/q-1;;+1/p-1/t6?,7?,8-,9?;;/m0../s1. The summed E-state index contributed by atoms with van der Waals surface area (Å²) in [5.74, 6) is 0.0535. The Morgan fingerprint density at radius 2 is 2.07 bits per heavy atom. The Morgan fingerprint density at radius 3 is 2.50 bits per heavy atom. The van der Waals surface area contributed by atoms with E-state index < -0.39 is 6.29 Å². The number of aliphatic hydroxyl groups is 1. The predicted molar refractivity (Wildman–Crippen MR) is 47.4 cm³/mol. The van der Waals surface area contributed by atoms with Gasteiger partial charge in [-0.1, -0.05) is 13.8 Å². The zero-order chi connectivity index (χ0) is 9.14. The maximum absolute atomic E-state index is 9.38. The number of hydrogen-bond donors (Lipinski definition) is 1. The fourth-order valence-electron chi connectivity index (χ4n) is 1.46. The fourth-order valence-corrected chi connectivity index (χ4v) is 1.46. The van der Waals surface area contributed by atoms with Crippen LogP contribution in [0.2, 0.25) is 0 Å². The molecule has 14 heavy (non-hydrogen) atoms. The van der Waals surface area contributed by atoms with E-state index in [1.807, 2.05) is 20.3 Å². The quantitative estimate of drug-likeness (QED) is 0.581. The SMILES string of the molecule is CCC1OC(O)C(C)[CH-][C@@H]1OC.[OH-].[Rb+]. The van der Waals surface area contributed by atoms with E-state index in [-0.39, 0.29) is 81.8 Å². The third-order valence-electron chi connectivity index (χ3n) is 2.30. The normalized spacial score (nSPS) is 36.9. The van der Waals surface area contributed by atoms with Gasteiger partial charge in [-0.3, -0.25) is 6.42 Å². The zero-order valence-electron chi connectivity index (χ0n) is 9.30. The number of ether oxygens (including phenoxy) is 2. The number of rotatable bonds is 2. The summed E-state index contributed by atoms with van der Waals surface area (Å²) in [6.07, 6.45) is 2.22. The summed E-state index contributed by atoms with van der Waals surface area (Å²) in [4.78, 5) is 0. The molecule has 2 N–H and O–H groups in total. The van der Waals surface area contributed by atoms with Gasteiger partial charge in [0.1, 0.15) is 6.29 Å². The third-order valence-corrected chi connectivity index (χ3v) is 2.30. The summed E-state index contributed by atoms with van der Waals surface area (Å²) in [6, 6.07) is 0. The van der Waals surface area contributed by atoms with E-state index in [0.29, 0.717) is 0 Å². The molecule has 0 saturated carbocycles. The van der Waals surface area contributed by atoms with Crippen LogP contribution in [0.4, 0.5) is 0 Å². The van der Waals surface area contributed by atoms with Gasteiger partial charge in [0.25, 0.3) is 0 Å². The third kappa shape index (κ3) is 4.66. The second-order valence-electron chi connectivity index (χ2n) is 3.23. The summed E-state index contributed by atoms with van der Waals surface area (Å²) in [6.45, 7) is 3.94. The van der Waals surface area contributed by atoms with Gasteiger partial charge < -0.3 is 20.1 Å². The van der Waals surface area contributed by atoms with Gasteiger partial charge in [-0.25, -0.2) is 0 Å². The monoisotopic (exact) mass is 275 g/mol. The first kappa shape index (κ1) is 18.0. The molecule has 1 aliphatic heterocycles. The molecule has 1 heterocycles. The number of hydrogen-bond acceptors (Lipinski definition) is 4. The van der Waals surface area contributed by atoms with Crippen LogP contribution < -0.4 is 58.2 Å². The molecule has 4 atom stereocenters. The Hall–Kier alpha value is 1.65. The molecule has 1 saturated heterocycles. The van der Waals surface area contributed by atoms with Crippen molar-refractivity contribution in [3.8, 4) is 0 Å². The Bertz CT molecular complexity index is 129. The van der Waals surface area contributed by atoms with Gasteiger partial charge in [0.15, 0.2) is 0 Å². The molecular weight excluding hydrogens is 258 g/mol. The van der Waals surface area contributed by atoms with Crippen LogP contribution >= 0.6 is 0 Å². The Kier molecular flexibility index (Phi) is 11.3. The van der Waals surface area contributed by atoms with Crippen molar-refractivity contribution in [2.75, 3.05) is 7.11 Å². The molecule has 5 heteroatoms. The van der Waals surface area contributed by atoms with Crippen LogP contribution in [0.25, 0.3) is 0 Å². The summed E-state index contributed by atoms with van der Waals surface area (Å²) >= 11 is 0. The van der Waals surface area contributed by atoms with E-state index in [4.69, 9.17) is 9.47 Å². The molecule has 0 amide bonds. The Labute approximate surface area is 134 Å². The summed E-state index contributed by atoms with van der Waals surface area (Å²) in [5.41, 5.74) is 0. The second-order valence-corrected chi connectivity index (χ2v) is 3.23.